The molecule has 0 radical (unpaired) electrons. The van der Waals surface area contributed by atoms with Crippen molar-refractivity contribution in [2.75, 3.05) is 5.32 Å². The maximum absolute atomic E-state index is 13.6. The number of para-hydroxylation sites is 1. The summed E-state index contributed by atoms with van der Waals surface area (Å²) in [5, 5.41) is 3.37. The quantitative estimate of drug-likeness (QED) is 0.476. The fraction of sp³-hybridized carbons (Fsp3) is 0.208. The Hall–Kier alpha value is -3.32. The zero-order valence-corrected chi connectivity index (χ0v) is 18.3. The number of benzene rings is 2. The zero-order valence-electron chi connectivity index (χ0n) is 17.5. The third-order valence-corrected chi connectivity index (χ3v) is 6.46. The van der Waals surface area contributed by atoms with Crippen molar-refractivity contribution in [3.05, 3.63) is 92.1 Å². The van der Waals surface area contributed by atoms with E-state index in [1.165, 1.54) is 23.5 Å². The molecule has 0 saturated carbocycles. The third kappa shape index (κ3) is 4.01. The van der Waals surface area contributed by atoms with Crippen LogP contribution in [0.1, 0.15) is 39.1 Å². The van der Waals surface area contributed by atoms with Crippen molar-refractivity contribution in [1.29, 1.82) is 0 Å². The lowest BCUT2D eigenvalue weighted by Gasteiger charge is -2.11. The molecule has 0 saturated heterocycles. The Kier molecular flexibility index (Phi) is 5.69. The average Bonchev–Trinajstić information content (AvgIpc) is 3.08. The van der Waals surface area contributed by atoms with Gasteiger partial charge in [-0.2, -0.15) is 0 Å². The number of aryl methyl sites for hydroxylation is 3. The van der Waals surface area contributed by atoms with Crippen LogP contribution in [0.4, 0.5) is 10.1 Å². The van der Waals surface area contributed by atoms with Crippen LogP contribution in [0, 0.1) is 19.7 Å². The highest BCUT2D eigenvalue weighted by molar-refractivity contribution is 7.20. The van der Waals surface area contributed by atoms with Crippen molar-refractivity contribution < 1.29 is 9.18 Å². The van der Waals surface area contributed by atoms with Crippen LogP contribution in [0.15, 0.2) is 53.3 Å². The number of hydrogen-bond acceptors (Lipinski definition) is 4. The van der Waals surface area contributed by atoms with Gasteiger partial charge < -0.3 is 5.32 Å². The van der Waals surface area contributed by atoms with Crippen LogP contribution >= 0.6 is 11.3 Å². The van der Waals surface area contributed by atoms with Gasteiger partial charge in [-0.25, -0.2) is 9.37 Å². The van der Waals surface area contributed by atoms with E-state index in [2.05, 4.69) is 10.3 Å². The van der Waals surface area contributed by atoms with E-state index in [-0.39, 0.29) is 23.8 Å². The minimum Gasteiger partial charge on any atom is -0.321 e. The summed E-state index contributed by atoms with van der Waals surface area (Å²) in [6.07, 6.45) is 0.544. The van der Waals surface area contributed by atoms with Crippen molar-refractivity contribution >= 4 is 33.1 Å². The number of amides is 1. The van der Waals surface area contributed by atoms with Gasteiger partial charge in [0, 0.05) is 12.1 Å². The van der Waals surface area contributed by atoms with Gasteiger partial charge in [0.2, 0.25) is 0 Å². The minimum absolute atomic E-state index is 0.213. The summed E-state index contributed by atoms with van der Waals surface area (Å²) in [6.45, 7) is 5.84. The Morgan fingerprint density at radius 3 is 2.65 bits per heavy atom. The molecule has 0 aliphatic heterocycles. The first-order chi connectivity index (χ1) is 14.9. The van der Waals surface area contributed by atoms with E-state index < -0.39 is 0 Å². The van der Waals surface area contributed by atoms with Crippen LogP contribution in [0.25, 0.3) is 10.2 Å². The molecule has 7 heteroatoms. The van der Waals surface area contributed by atoms with Gasteiger partial charge in [-0.3, -0.25) is 14.2 Å². The molecule has 4 rings (SSSR count). The fourth-order valence-corrected chi connectivity index (χ4v) is 4.70. The molecule has 0 aliphatic carbocycles. The van der Waals surface area contributed by atoms with E-state index >= 15 is 0 Å². The van der Waals surface area contributed by atoms with Gasteiger partial charge in [-0.05, 0) is 48.7 Å². The topological polar surface area (TPSA) is 64.0 Å². The minimum atomic E-state index is -0.348. The lowest BCUT2D eigenvalue weighted by atomic mass is 10.1. The molecule has 2 aromatic carbocycles. The number of aromatic nitrogens is 2. The van der Waals surface area contributed by atoms with Crippen molar-refractivity contribution in [3.63, 3.8) is 0 Å². The highest BCUT2D eigenvalue weighted by Crippen LogP contribution is 2.29. The number of fused-ring (bicyclic) bond motifs is 1. The first kappa shape index (κ1) is 20.9. The highest BCUT2D eigenvalue weighted by atomic mass is 32.1. The van der Waals surface area contributed by atoms with Crippen LogP contribution in [0.3, 0.4) is 0 Å². The third-order valence-electron chi connectivity index (χ3n) is 5.27. The van der Waals surface area contributed by atoms with Gasteiger partial charge in [-0.1, -0.05) is 37.3 Å². The summed E-state index contributed by atoms with van der Waals surface area (Å²) < 4.78 is 15.2. The second kappa shape index (κ2) is 8.43. The molecule has 2 aromatic heterocycles. The van der Waals surface area contributed by atoms with Crippen molar-refractivity contribution in [2.45, 2.75) is 33.7 Å². The molecule has 0 spiro atoms. The van der Waals surface area contributed by atoms with Gasteiger partial charge in [0.1, 0.15) is 16.5 Å². The summed E-state index contributed by atoms with van der Waals surface area (Å²) in [5.41, 5.74) is 2.77. The molecule has 2 heterocycles. The van der Waals surface area contributed by atoms with Gasteiger partial charge in [-0.15, -0.1) is 11.3 Å². The monoisotopic (exact) mass is 435 g/mol. The molecule has 0 atom stereocenters. The van der Waals surface area contributed by atoms with E-state index in [4.69, 9.17) is 0 Å². The SMILES string of the molecule is CCc1nc2sc(C(=O)Nc3ccccc3C)c(C)c2c(=O)n1Cc1cccc(F)c1. The van der Waals surface area contributed by atoms with Crippen LogP contribution in [-0.4, -0.2) is 15.5 Å². The molecule has 1 N–H and O–H groups in total. The maximum Gasteiger partial charge on any atom is 0.266 e. The number of nitrogens with zero attached hydrogens (tertiary/aromatic N) is 2. The number of rotatable bonds is 5. The summed E-state index contributed by atoms with van der Waals surface area (Å²) in [4.78, 5) is 32.0. The highest BCUT2D eigenvalue weighted by Gasteiger charge is 2.21. The van der Waals surface area contributed by atoms with E-state index in [1.807, 2.05) is 38.1 Å². The molecule has 1 amide bonds. The van der Waals surface area contributed by atoms with Crippen LogP contribution < -0.4 is 10.9 Å². The molecule has 0 bridgehead atoms. The number of anilines is 1. The van der Waals surface area contributed by atoms with E-state index in [0.29, 0.717) is 38.5 Å². The molecule has 0 fully saturated rings. The average molecular weight is 436 g/mol. The van der Waals surface area contributed by atoms with E-state index in [1.54, 1.807) is 23.6 Å². The van der Waals surface area contributed by atoms with E-state index in [9.17, 15) is 14.0 Å². The summed E-state index contributed by atoms with van der Waals surface area (Å²) in [5.74, 6) is -0.00249. The zero-order chi connectivity index (χ0) is 22.1. The van der Waals surface area contributed by atoms with Crippen molar-refractivity contribution in [1.82, 2.24) is 9.55 Å². The first-order valence-corrected chi connectivity index (χ1v) is 10.8. The summed E-state index contributed by atoms with van der Waals surface area (Å²) >= 11 is 1.22. The van der Waals surface area contributed by atoms with Gasteiger partial charge in [0.15, 0.2) is 0 Å². The Bertz CT molecular complexity index is 1360. The maximum atomic E-state index is 13.6. The second-order valence-electron chi connectivity index (χ2n) is 7.41. The molecule has 0 unspecified atom stereocenters. The van der Waals surface area contributed by atoms with Crippen LogP contribution in [-0.2, 0) is 13.0 Å². The normalized spacial score (nSPS) is 11.1. The molecular formula is C24H22FN3O2S. The van der Waals surface area contributed by atoms with Gasteiger partial charge >= 0.3 is 0 Å². The number of nitrogens with one attached hydrogen (secondary N) is 1. The van der Waals surface area contributed by atoms with Gasteiger partial charge in [0.25, 0.3) is 11.5 Å². The number of carbonyl (C=O) groups is 1. The molecule has 4 aromatic rings. The smallest absolute Gasteiger partial charge is 0.266 e. The standard InChI is InChI=1S/C24H22FN3O2S/c1-4-19-27-23-20(24(30)28(19)13-16-9-7-10-17(25)12-16)15(3)21(31-23)22(29)26-18-11-6-5-8-14(18)2/h5-12H,4,13H2,1-3H3,(H,26,29). The molecule has 0 aliphatic rings. The molecule has 158 valence electrons. The van der Waals surface area contributed by atoms with Crippen molar-refractivity contribution in [3.8, 4) is 0 Å². The number of halogens is 1. The van der Waals surface area contributed by atoms with E-state index in [0.717, 1.165) is 11.3 Å². The molecular weight excluding hydrogens is 413 g/mol. The predicted molar refractivity (Wildman–Crippen MR) is 123 cm³/mol. The van der Waals surface area contributed by atoms with Gasteiger partial charge in [0.05, 0.1) is 16.8 Å². The predicted octanol–water partition coefficient (Wildman–Crippen LogP) is 5.08. The van der Waals surface area contributed by atoms with Crippen LogP contribution in [0.5, 0.6) is 0 Å². The number of hydrogen-bond donors (Lipinski definition) is 1. The second-order valence-corrected chi connectivity index (χ2v) is 8.41. The Balaban J connectivity index is 1.78. The Labute approximate surface area is 183 Å². The van der Waals surface area contributed by atoms with Crippen molar-refractivity contribution in [2.24, 2.45) is 0 Å². The summed E-state index contributed by atoms with van der Waals surface area (Å²) in [7, 11) is 0. The lowest BCUT2D eigenvalue weighted by Crippen LogP contribution is -2.25. The van der Waals surface area contributed by atoms with Crippen LogP contribution in [0.2, 0.25) is 0 Å². The summed E-state index contributed by atoms with van der Waals surface area (Å²) in [6, 6.07) is 13.7. The lowest BCUT2D eigenvalue weighted by molar-refractivity contribution is 0.103. The largest absolute Gasteiger partial charge is 0.321 e. The Morgan fingerprint density at radius 1 is 1.16 bits per heavy atom. The fourth-order valence-electron chi connectivity index (χ4n) is 3.62. The number of carbonyl (C=O) groups excluding carboxylic acids is 1. The molecule has 31 heavy (non-hydrogen) atoms. The first-order valence-electron chi connectivity index (χ1n) is 10.0. The number of thiophene rings is 1. The molecule has 5 nitrogen and oxygen atoms in total. The Morgan fingerprint density at radius 2 is 1.94 bits per heavy atom.